The third-order valence-electron chi connectivity index (χ3n) is 1.43. The molecule has 0 spiro atoms. The van der Waals surface area contributed by atoms with Crippen LogP contribution in [0.1, 0.15) is 12.5 Å². The molecule has 0 fully saturated rings. The normalized spacial score (nSPS) is 13.5. The molecule has 2 N–H and O–H groups in total. The van der Waals surface area contributed by atoms with E-state index in [1.54, 1.807) is 12.3 Å². The number of nitrogens with zero attached hydrogens (tertiary/aromatic N) is 1. The van der Waals surface area contributed by atoms with Crippen LogP contribution in [0.5, 0.6) is 0 Å². The van der Waals surface area contributed by atoms with E-state index in [0.29, 0.717) is 10.2 Å². The molecule has 0 aliphatic rings. The average molecular weight is 217 g/mol. The molecule has 1 unspecified atom stereocenters. The van der Waals surface area contributed by atoms with E-state index >= 15 is 0 Å². The van der Waals surface area contributed by atoms with Gasteiger partial charge in [0.2, 0.25) is 0 Å². The van der Waals surface area contributed by atoms with Gasteiger partial charge < -0.3 is 5.73 Å². The Morgan fingerprint density at radius 3 is 2.77 bits per heavy atom. The van der Waals surface area contributed by atoms with Crippen LogP contribution in [0.25, 0.3) is 6.08 Å². The van der Waals surface area contributed by atoms with Crippen molar-refractivity contribution in [2.24, 2.45) is 5.73 Å². The summed E-state index contributed by atoms with van der Waals surface area (Å²) in [7, 11) is 0. The lowest BCUT2D eigenvalue weighted by molar-refractivity contribution is 0.930. The maximum absolute atomic E-state index is 5.90. The largest absolute Gasteiger partial charge is 0.325 e. The monoisotopic (exact) mass is 216 g/mol. The second-order valence-corrected chi connectivity index (χ2v) is 3.54. The molecular formula is C9H10Cl2N2. The number of pyridine rings is 1. The SMILES string of the molecule is CC(N)/C=C/c1cnc(Cl)cc1Cl. The zero-order valence-corrected chi connectivity index (χ0v) is 8.68. The van der Waals surface area contributed by atoms with Gasteiger partial charge in [-0.1, -0.05) is 35.4 Å². The van der Waals surface area contributed by atoms with Crippen molar-refractivity contribution >= 4 is 29.3 Å². The molecule has 0 bridgehead atoms. The van der Waals surface area contributed by atoms with Gasteiger partial charge in [-0.25, -0.2) is 4.98 Å². The number of aromatic nitrogens is 1. The standard InChI is InChI=1S/C9H10Cl2N2/c1-6(12)2-3-7-5-13-9(11)4-8(7)10/h2-6H,12H2,1H3/b3-2+. The van der Waals surface area contributed by atoms with E-state index in [-0.39, 0.29) is 6.04 Å². The highest BCUT2D eigenvalue weighted by molar-refractivity contribution is 6.34. The number of nitrogens with two attached hydrogens (primary N) is 1. The molecule has 0 aliphatic carbocycles. The van der Waals surface area contributed by atoms with E-state index in [1.807, 2.05) is 19.1 Å². The van der Waals surface area contributed by atoms with Crippen molar-refractivity contribution in [2.45, 2.75) is 13.0 Å². The van der Waals surface area contributed by atoms with Crippen LogP contribution < -0.4 is 5.73 Å². The van der Waals surface area contributed by atoms with Gasteiger partial charge in [0.1, 0.15) is 5.15 Å². The zero-order valence-electron chi connectivity index (χ0n) is 7.17. The Morgan fingerprint density at radius 2 is 2.23 bits per heavy atom. The summed E-state index contributed by atoms with van der Waals surface area (Å²) in [6.07, 6.45) is 5.29. The smallest absolute Gasteiger partial charge is 0.130 e. The molecule has 1 aromatic heterocycles. The highest BCUT2D eigenvalue weighted by atomic mass is 35.5. The Bertz CT molecular complexity index is 321. The Morgan fingerprint density at radius 1 is 1.54 bits per heavy atom. The fraction of sp³-hybridized carbons (Fsp3) is 0.222. The third-order valence-corrected chi connectivity index (χ3v) is 1.96. The molecular weight excluding hydrogens is 207 g/mol. The number of hydrogen-bond acceptors (Lipinski definition) is 2. The quantitative estimate of drug-likeness (QED) is 0.773. The van der Waals surface area contributed by atoms with E-state index in [2.05, 4.69) is 4.98 Å². The van der Waals surface area contributed by atoms with Gasteiger partial charge in [0, 0.05) is 17.8 Å². The number of rotatable bonds is 2. The molecule has 70 valence electrons. The highest BCUT2D eigenvalue weighted by Crippen LogP contribution is 2.19. The zero-order chi connectivity index (χ0) is 9.84. The van der Waals surface area contributed by atoms with E-state index in [4.69, 9.17) is 28.9 Å². The van der Waals surface area contributed by atoms with Gasteiger partial charge in [0.25, 0.3) is 0 Å². The van der Waals surface area contributed by atoms with Crippen LogP contribution in [-0.2, 0) is 0 Å². The van der Waals surface area contributed by atoms with Gasteiger partial charge in [0.05, 0.1) is 5.02 Å². The Balaban J connectivity index is 2.90. The predicted molar refractivity (Wildman–Crippen MR) is 56.9 cm³/mol. The van der Waals surface area contributed by atoms with E-state index in [0.717, 1.165) is 5.56 Å². The van der Waals surface area contributed by atoms with Crippen molar-refractivity contribution in [3.05, 3.63) is 34.1 Å². The van der Waals surface area contributed by atoms with Gasteiger partial charge in [-0.3, -0.25) is 0 Å². The second kappa shape index (κ2) is 4.61. The van der Waals surface area contributed by atoms with Gasteiger partial charge >= 0.3 is 0 Å². The number of hydrogen-bond donors (Lipinski definition) is 1. The minimum absolute atomic E-state index is 0.00625. The topological polar surface area (TPSA) is 38.9 Å². The molecule has 0 amide bonds. The lowest BCUT2D eigenvalue weighted by Gasteiger charge is -1.99. The van der Waals surface area contributed by atoms with Crippen molar-refractivity contribution in [3.8, 4) is 0 Å². The van der Waals surface area contributed by atoms with Crippen LogP contribution in [0.4, 0.5) is 0 Å². The summed E-state index contributed by atoms with van der Waals surface area (Å²) in [6, 6.07) is 1.61. The molecule has 2 nitrogen and oxygen atoms in total. The molecule has 0 saturated carbocycles. The Kier molecular flexibility index (Phi) is 3.72. The highest BCUT2D eigenvalue weighted by Gasteiger charge is 1.98. The molecule has 0 aliphatic heterocycles. The average Bonchev–Trinajstić information content (AvgIpc) is 2.02. The first-order chi connectivity index (χ1) is 6.09. The van der Waals surface area contributed by atoms with Gasteiger partial charge in [-0.05, 0) is 13.0 Å². The van der Waals surface area contributed by atoms with Gasteiger partial charge in [0.15, 0.2) is 0 Å². The fourth-order valence-corrected chi connectivity index (χ4v) is 1.23. The molecule has 1 atom stereocenters. The van der Waals surface area contributed by atoms with E-state index in [1.165, 1.54) is 0 Å². The lowest BCUT2D eigenvalue weighted by atomic mass is 10.2. The van der Waals surface area contributed by atoms with Crippen LogP contribution in [-0.4, -0.2) is 11.0 Å². The first-order valence-corrected chi connectivity index (χ1v) is 4.60. The molecule has 1 aromatic rings. The van der Waals surface area contributed by atoms with Crippen LogP contribution in [0.2, 0.25) is 10.2 Å². The van der Waals surface area contributed by atoms with Crippen LogP contribution in [0.3, 0.4) is 0 Å². The Hall–Kier alpha value is -0.570. The third kappa shape index (κ3) is 3.35. The molecule has 13 heavy (non-hydrogen) atoms. The summed E-state index contributed by atoms with van der Waals surface area (Å²) in [6.45, 7) is 1.88. The summed E-state index contributed by atoms with van der Waals surface area (Å²) in [5.41, 5.74) is 6.37. The van der Waals surface area contributed by atoms with Crippen molar-refractivity contribution in [3.63, 3.8) is 0 Å². The van der Waals surface area contributed by atoms with Crippen molar-refractivity contribution < 1.29 is 0 Å². The summed E-state index contributed by atoms with van der Waals surface area (Å²) in [5.74, 6) is 0. The van der Waals surface area contributed by atoms with E-state index < -0.39 is 0 Å². The second-order valence-electron chi connectivity index (χ2n) is 2.75. The van der Waals surface area contributed by atoms with Crippen LogP contribution in [0, 0.1) is 0 Å². The number of halogens is 2. The van der Waals surface area contributed by atoms with Crippen molar-refractivity contribution in [1.29, 1.82) is 0 Å². The van der Waals surface area contributed by atoms with Gasteiger partial charge in [-0.15, -0.1) is 0 Å². The van der Waals surface area contributed by atoms with Gasteiger partial charge in [-0.2, -0.15) is 0 Å². The molecule has 1 heterocycles. The summed E-state index contributed by atoms with van der Waals surface area (Å²) >= 11 is 11.5. The Labute approximate surface area is 87.4 Å². The summed E-state index contributed by atoms with van der Waals surface area (Å²) < 4.78 is 0. The molecule has 0 radical (unpaired) electrons. The van der Waals surface area contributed by atoms with E-state index in [9.17, 15) is 0 Å². The molecule has 0 saturated heterocycles. The summed E-state index contributed by atoms with van der Waals surface area (Å²) in [5, 5.41) is 0.972. The predicted octanol–water partition coefficient (Wildman–Crippen LogP) is 2.75. The lowest BCUT2D eigenvalue weighted by Crippen LogP contribution is -2.09. The van der Waals surface area contributed by atoms with Crippen molar-refractivity contribution in [2.75, 3.05) is 0 Å². The molecule has 0 aromatic carbocycles. The fourth-order valence-electron chi connectivity index (χ4n) is 0.796. The molecule has 1 rings (SSSR count). The van der Waals surface area contributed by atoms with Crippen molar-refractivity contribution in [1.82, 2.24) is 4.98 Å². The minimum atomic E-state index is 0.00625. The van der Waals surface area contributed by atoms with Crippen LogP contribution in [0.15, 0.2) is 18.3 Å². The maximum atomic E-state index is 5.90. The first kappa shape index (κ1) is 10.5. The van der Waals surface area contributed by atoms with Crippen LogP contribution >= 0.6 is 23.2 Å². The first-order valence-electron chi connectivity index (χ1n) is 3.84. The maximum Gasteiger partial charge on any atom is 0.130 e. The summed E-state index contributed by atoms with van der Waals surface area (Å²) in [4.78, 5) is 3.91. The molecule has 4 heteroatoms. The minimum Gasteiger partial charge on any atom is -0.325 e.